The SMILES string of the molecule is CC.CC/C(C)=C(/F)C=C(C)C. The van der Waals surface area contributed by atoms with Crippen molar-refractivity contribution in [3.8, 4) is 0 Å². The summed E-state index contributed by atoms with van der Waals surface area (Å²) in [6.07, 6.45) is 2.36. The Hall–Kier alpha value is -0.590. The van der Waals surface area contributed by atoms with Crippen LogP contribution in [0.3, 0.4) is 0 Å². The summed E-state index contributed by atoms with van der Waals surface area (Å²) in [5.74, 6) is -0.0810. The minimum atomic E-state index is -0.0810. The minimum absolute atomic E-state index is 0.0810. The number of hydrogen-bond acceptors (Lipinski definition) is 0. The van der Waals surface area contributed by atoms with Gasteiger partial charge in [0, 0.05) is 0 Å². The number of rotatable bonds is 2. The lowest BCUT2D eigenvalue weighted by Gasteiger charge is -1.95. The van der Waals surface area contributed by atoms with Crippen LogP contribution in [-0.2, 0) is 0 Å². The maximum Gasteiger partial charge on any atom is 0.122 e. The lowest BCUT2D eigenvalue weighted by molar-refractivity contribution is 0.646. The molecule has 72 valence electrons. The summed E-state index contributed by atoms with van der Waals surface area (Å²) >= 11 is 0. The van der Waals surface area contributed by atoms with Gasteiger partial charge in [-0.25, -0.2) is 4.39 Å². The van der Waals surface area contributed by atoms with Gasteiger partial charge >= 0.3 is 0 Å². The Bertz CT molecular complexity index is 160. The highest BCUT2D eigenvalue weighted by Gasteiger charge is 1.93. The van der Waals surface area contributed by atoms with Crippen LogP contribution in [0.1, 0.15) is 48.0 Å². The van der Waals surface area contributed by atoms with Gasteiger partial charge in [0.05, 0.1) is 0 Å². The summed E-state index contributed by atoms with van der Waals surface area (Å²) in [5.41, 5.74) is 1.83. The lowest BCUT2D eigenvalue weighted by atomic mass is 10.2. The average Bonchev–Trinajstić information content (AvgIpc) is 2.05. The van der Waals surface area contributed by atoms with Crippen molar-refractivity contribution in [3.63, 3.8) is 0 Å². The van der Waals surface area contributed by atoms with Gasteiger partial charge in [-0.15, -0.1) is 0 Å². The van der Waals surface area contributed by atoms with E-state index in [0.29, 0.717) is 0 Å². The predicted octanol–water partition coefficient (Wildman–Crippen LogP) is 4.63. The molecule has 0 aliphatic heterocycles. The van der Waals surface area contributed by atoms with Crippen LogP contribution >= 0.6 is 0 Å². The Morgan fingerprint density at radius 2 is 1.58 bits per heavy atom. The van der Waals surface area contributed by atoms with Crippen molar-refractivity contribution in [2.24, 2.45) is 0 Å². The van der Waals surface area contributed by atoms with E-state index in [1.165, 1.54) is 0 Å². The fourth-order valence-electron chi connectivity index (χ4n) is 0.546. The van der Waals surface area contributed by atoms with Crippen molar-refractivity contribution in [3.05, 3.63) is 23.0 Å². The molecular formula is C11H21F. The molecule has 0 spiro atoms. The van der Waals surface area contributed by atoms with Crippen LogP contribution in [0, 0.1) is 0 Å². The van der Waals surface area contributed by atoms with Gasteiger partial charge in [-0.1, -0.05) is 26.3 Å². The second kappa shape index (κ2) is 8.51. The molecule has 0 aliphatic rings. The Labute approximate surface area is 76.2 Å². The zero-order valence-electron chi connectivity index (χ0n) is 9.16. The highest BCUT2D eigenvalue weighted by molar-refractivity contribution is 5.20. The average molecular weight is 172 g/mol. The van der Waals surface area contributed by atoms with E-state index >= 15 is 0 Å². The Morgan fingerprint density at radius 1 is 1.17 bits per heavy atom. The Kier molecular flexibility index (Phi) is 9.90. The first-order chi connectivity index (χ1) is 5.57. The van der Waals surface area contributed by atoms with Crippen LogP contribution in [0.5, 0.6) is 0 Å². The van der Waals surface area contributed by atoms with Crippen molar-refractivity contribution >= 4 is 0 Å². The largest absolute Gasteiger partial charge is 0.207 e. The fourth-order valence-corrected chi connectivity index (χ4v) is 0.546. The van der Waals surface area contributed by atoms with E-state index < -0.39 is 0 Å². The molecule has 0 aromatic heterocycles. The molecule has 1 heteroatoms. The molecule has 0 radical (unpaired) electrons. The summed E-state index contributed by atoms with van der Waals surface area (Å²) in [5, 5.41) is 0. The highest BCUT2D eigenvalue weighted by atomic mass is 19.1. The zero-order valence-corrected chi connectivity index (χ0v) is 9.16. The Balaban J connectivity index is 0. The van der Waals surface area contributed by atoms with Crippen LogP contribution in [0.25, 0.3) is 0 Å². The van der Waals surface area contributed by atoms with E-state index in [-0.39, 0.29) is 5.83 Å². The van der Waals surface area contributed by atoms with Gasteiger partial charge in [-0.2, -0.15) is 0 Å². The zero-order chi connectivity index (χ0) is 10.1. The molecule has 0 atom stereocenters. The molecule has 0 aliphatic carbocycles. The number of halogens is 1. The molecule has 0 amide bonds. The summed E-state index contributed by atoms with van der Waals surface area (Å²) in [6.45, 7) is 11.5. The van der Waals surface area contributed by atoms with Crippen molar-refractivity contribution < 1.29 is 4.39 Å². The van der Waals surface area contributed by atoms with E-state index in [2.05, 4.69) is 0 Å². The van der Waals surface area contributed by atoms with Gasteiger partial charge in [0.15, 0.2) is 0 Å². The van der Waals surface area contributed by atoms with E-state index in [4.69, 9.17) is 0 Å². The van der Waals surface area contributed by atoms with Gasteiger partial charge < -0.3 is 0 Å². The molecular weight excluding hydrogens is 151 g/mol. The molecule has 0 heterocycles. The molecule has 0 nitrogen and oxygen atoms in total. The van der Waals surface area contributed by atoms with E-state index in [1.807, 2.05) is 41.5 Å². The van der Waals surface area contributed by atoms with E-state index in [9.17, 15) is 4.39 Å². The molecule has 0 fully saturated rings. The van der Waals surface area contributed by atoms with Crippen LogP contribution in [-0.4, -0.2) is 0 Å². The molecule has 0 unspecified atom stereocenters. The smallest absolute Gasteiger partial charge is 0.122 e. The highest BCUT2D eigenvalue weighted by Crippen LogP contribution is 2.11. The van der Waals surface area contributed by atoms with E-state index in [0.717, 1.165) is 17.6 Å². The van der Waals surface area contributed by atoms with Gasteiger partial charge in [0.25, 0.3) is 0 Å². The van der Waals surface area contributed by atoms with Crippen molar-refractivity contribution in [2.75, 3.05) is 0 Å². The molecule has 0 aromatic rings. The summed E-state index contributed by atoms with van der Waals surface area (Å²) in [4.78, 5) is 0. The van der Waals surface area contributed by atoms with Gasteiger partial charge in [-0.05, 0) is 38.8 Å². The molecule has 12 heavy (non-hydrogen) atoms. The summed E-state index contributed by atoms with van der Waals surface area (Å²) in [7, 11) is 0. The maximum atomic E-state index is 12.9. The third-order valence-corrected chi connectivity index (χ3v) is 1.35. The molecule has 0 N–H and O–H groups in total. The summed E-state index contributed by atoms with van der Waals surface area (Å²) in [6, 6.07) is 0. The van der Waals surface area contributed by atoms with Crippen LogP contribution in [0.2, 0.25) is 0 Å². The predicted molar refractivity (Wildman–Crippen MR) is 54.9 cm³/mol. The number of allylic oxidation sites excluding steroid dienone is 4. The fraction of sp³-hybridized carbons (Fsp3) is 0.636. The van der Waals surface area contributed by atoms with Gasteiger partial charge in [-0.3, -0.25) is 0 Å². The molecule has 0 aromatic carbocycles. The van der Waals surface area contributed by atoms with Gasteiger partial charge in [0.2, 0.25) is 0 Å². The first-order valence-electron chi connectivity index (χ1n) is 4.58. The first-order valence-corrected chi connectivity index (χ1v) is 4.58. The monoisotopic (exact) mass is 172 g/mol. The Morgan fingerprint density at radius 3 is 1.83 bits per heavy atom. The molecule has 0 bridgehead atoms. The van der Waals surface area contributed by atoms with Crippen molar-refractivity contribution in [2.45, 2.75) is 48.0 Å². The third kappa shape index (κ3) is 7.52. The minimum Gasteiger partial charge on any atom is -0.207 e. The summed E-state index contributed by atoms with van der Waals surface area (Å²) < 4.78 is 12.9. The van der Waals surface area contributed by atoms with Crippen LogP contribution < -0.4 is 0 Å². The quantitative estimate of drug-likeness (QED) is 0.533. The number of hydrogen-bond donors (Lipinski definition) is 0. The topological polar surface area (TPSA) is 0 Å². The second-order valence-electron chi connectivity index (χ2n) is 2.70. The standard InChI is InChI=1S/C9H15F.C2H6/c1-5-8(4)9(10)6-7(2)3;1-2/h6H,5H2,1-4H3;1-2H3/b9-8+;. The molecule has 0 rings (SSSR count). The second-order valence-corrected chi connectivity index (χ2v) is 2.70. The maximum absolute atomic E-state index is 12.9. The van der Waals surface area contributed by atoms with Crippen LogP contribution in [0.4, 0.5) is 4.39 Å². The van der Waals surface area contributed by atoms with E-state index in [1.54, 1.807) is 6.08 Å². The lowest BCUT2D eigenvalue weighted by Crippen LogP contribution is -1.77. The normalized spacial score (nSPS) is 10.9. The van der Waals surface area contributed by atoms with Gasteiger partial charge in [0.1, 0.15) is 5.83 Å². The molecule has 0 saturated carbocycles. The first kappa shape index (κ1) is 14.0. The van der Waals surface area contributed by atoms with Crippen LogP contribution in [0.15, 0.2) is 23.0 Å². The molecule has 0 saturated heterocycles. The third-order valence-electron chi connectivity index (χ3n) is 1.35. The van der Waals surface area contributed by atoms with Crippen molar-refractivity contribution in [1.29, 1.82) is 0 Å². The van der Waals surface area contributed by atoms with Crippen molar-refractivity contribution in [1.82, 2.24) is 0 Å².